The summed E-state index contributed by atoms with van der Waals surface area (Å²) in [5, 5.41) is 10.3. The van der Waals surface area contributed by atoms with Crippen LogP contribution in [0.4, 0.5) is 0 Å². The molecule has 0 radical (unpaired) electrons. The van der Waals surface area contributed by atoms with Crippen LogP contribution in [0.5, 0.6) is 5.75 Å². The normalized spacial score (nSPS) is 20.9. The highest BCUT2D eigenvalue weighted by Gasteiger charge is 2.53. The lowest BCUT2D eigenvalue weighted by atomic mass is 9.88. The van der Waals surface area contributed by atoms with Gasteiger partial charge < -0.3 is 14.7 Å². The fourth-order valence-corrected chi connectivity index (χ4v) is 3.02. The lowest BCUT2D eigenvalue weighted by molar-refractivity contribution is -0.0958. The van der Waals surface area contributed by atoms with E-state index in [1.165, 1.54) is 0 Å². The van der Waals surface area contributed by atoms with Crippen LogP contribution in [0.15, 0.2) is 22.7 Å². The number of hydrogen-bond acceptors (Lipinski definition) is 3. The largest absolute Gasteiger partial charge is 0.497 e. The quantitative estimate of drug-likeness (QED) is 0.925. The number of methoxy groups -OCH3 is 1. The molecule has 1 aliphatic carbocycles. The van der Waals surface area contributed by atoms with Gasteiger partial charge in [0.2, 0.25) is 0 Å². The molecule has 19 heavy (non-hydrogen) atoms. The lowest BCUT2D eigenvalue weighted by Crippen LogP contribution is -2.64. The van der Waals surface area contributed by atoms with Crippen LogP contribution in [0.2, 0.25) is 0 Å². The van der Waals surface area contributed by atoms with E-state index in [4.69, 9.17) is 4.74 Å². The van der Waals surface area contributed by atoms with E-state index in [1.54, 1.807) is 30.2 Å². The number of ether oxygens (including phenoxy) is 1. The zero-order valence-electron chi connectivity index (χ0n) is 10.7. The van der Waals surface area contributed by atoms with Gasteiger partial charge in [0.1, 0.15) is 11.4 Å². The van der Waals surface area contributed by atoms with Crippen LogP contribution in [-0.2, 0) is 0 Å². The Morgan fingerprint density at radius 1 is 1.47 bits per heavy atom. The van der Waals surface area contributed by atoms with Crippen LogP contribution >= 0.6 is 15.9 Å². The molecule has 1 saturated heterocycles. The molecule has 4 nitrogen and oxygen atoms in total. The highest BCUT2D eigenvalue weighted by molar-refractivity contribution is 9.10. The van der Waals surface area contributed by atoms with Crippen LogP contribution < -0.4 is 4.74 Å². The molecule has 0 bridgehead atoms. The molecule has 1 saturated carbocycles. The lowest BCUT2D eigenvalue weighted by Gasteiger charge is -2.47. The van der Waals surface area contributed by atoms with Crippen molar-refractivity contribution in [2.24, 2.45) is 5.92 Å². The molecule has 0 aromatic heterocycles. The van der Waals surface area contributed by atoms with Crippen molar-refractivity contribution in [3.05, 3.63) is 28.2 Å². The summed E-state index contributed by atoms with van der Waals surface area (Å²) in [7, 11) is 1.58. The van der Waals surface area contributed by atoms with E-state index >= 15 is 0 Å². The van der Waals surface area contributed by atoms with Gasteiger partial charge in [-0.05, 0) is 52.9 Å². The Labute approximate surface area is 120 Å². The fourth-order valence-electron chi connectivity index (χ4n) is 2.60. The Balaban J connectivity index is 1.74. The standard InChI is InChI=1S/C14H16BrNO3/c1-19-10-4-5-12(15)11(6-10)13(17)16-7-14(18,8-16)9-2-3-9/h4-6,9,18H,2-3,7-8H2,1H3. The van der Waals surface area contributed by atoms with Crippen LogP contribution in [-0.4, -0.2) is 41.7 Å². The van der Waals surface area contributed by atoms with Gasteiger partial charge in [0.05, 0.1) is 25.8 Å². The summed E-state index contributed by atoms with van der Waals surface area (Å²) in [4.78, 5) is 14.1. The maximum Gasteiger partial charge on any atom is 0.255 e. The van der Waals surface area contributed by atoms with Crippen molar-refractivity contribution in [1.82, 2.24) is 4.90 Å². The van der Waals surface area contributed by atoms with Gasteiger partial charge in [0.15, 0.2) is 0 Å². The van der Waals surface area contributed by atoms with Crippen molar-refractivity contribution in [1.29, 1.82) is 0 Å². The van der Waals surface area contributed by atoms with E-state index in [0.29, 0.717) is 30.3 Å². The second-order valence-electron chi connectivity index (χ2n) is 5.38. The second-order valence-corrected chi connectivity index (χ2v) is 6.24. The molecule has 5 heteroatoms. The predicted molar refractivity (Wildman–Crippen MR) is 74.3 cm³/mol. The van der Waals surface area contributed by atoms with Gasteiger partial charge in [-0.2, -0.15) is 0 Å². The van der Waals surface area contributed by atoms with Gasteiger partial charge in [-0.3, -0.25) is 4.79 Å². The molecule has 1 aliphatic heterocycles. The van der Waals surface area contributed by atoms with Gasteiger partial charge in [0, 0.05) is 4.47 Å². The minimum atomic E-state index is -0.638. The molecule has 2 aliphatic rings. The first-order valence-electron chi connectivity index (χ1n) is 6.39. The Morgan fingerprint density at radius 3 is 2.74 bits per heavy atom. The fraction of sp³-hybridized carbons (Fsp3) is 0.500. The van der Waals surface area contributed by atoms with Gasteiger partial charge in [-0.1, -0.05) is 0 Å². The van der Waals surface area contributed by atoms with Gasteiger partial charge in [0.25, 0.3) is 5.91 Å². The van der Waals surface area contributed by atoms with E-state index in [9.17, 15) is 9.90 Å². The smallest absolute Gasteiger partial charge is 0.255 e. The maximum atomic E-state index is 12.4. The number of amides is 1. The first-order chi connectivity index (χ1) is 9.03. The van der Waals surface area contributed by atoms with Crippen molar-refractivity contribution in [2.45, 2.75) is 18.4 Å². The van der Waals surface area contributed by atoms with E-state index in [-0.39, 0.29) is 5.91 Å². The summed E-state index contributed by atoms with van der Waals surface area (Å²) in [6.45, 7) is 0.889. The van der Waals surface area contributed by atoms with E-state index < -0.39 is 5.60 Å². The molecule has 3 rings (SSSR count). The monoisotopic (exact) mass is 325 g/mol. The predicted octanol–water partition coefficient (Wildman–Crippen LogP) is 2.05. The molecule has 1 heterocycles. The number of likely N-dealkylation sites (tertiary alicyclic amines) is 1. The van der Waals surface area contributed by atoms with Crippen molar-refractivity contribution < 1.29 is 14.6 Å². The summed E-state index contributed by atoms with van der Waals surface area (Å²) >= 11 is 3.39. The third-order valence-electron chi connectivity index (χ3n) is 3.96. The number of rotatable bonds is 3. The molecule has 0 atom stereocenters. The van der Waals surface area contributed by atoms with Crippen molar-refractivity contribution >= 4 is 21.8 Å². The number of hydrogen-bond donors (Lipinski definition) is 1. The number of carbonyl (C=O) groups excluding carboxylic acids is 1. The number of β-amino-alcohol motifs (C(OH)–C–C–N with tert-alkyl or cyclic N) is 1. The first kappa shape index (κ1) is 12.9. The second kappa shape index (κ2) is 4.49. The maximum absolute atomic E-state index is 12.4. The number of benzene rings is 1. The summed E-state index contributed by atoms with van der Waals surface area (Å²) < 4.78 is 5.89. The third-order valence-corrected chi connectivity index (χ3v) is 4.65. The zero-order valence-corrected chi connectivity index (χ0v) is 12.3. The van der Waals surface area contributed by atoms with Crippen molar-refractivity contribution in [3.63, 3.8) is 0 Å². The summed E-state index contributed by atoms with van der Waals surface area (Å²) in [5.41, 5.74) is -0.0572. The highest BCUT2D eigenvalue weighted by Crippen LogP contribution is 2.45. The number of carbonyl (C=O) groups is 1. The zero-order chi connectivity index (χ0) is 13.6. The minimum absolute atomic E-state index is 0.0592. The molecule has 1 aromatic rings. The minimum Gasteiger partial charge on any atom is -0.497 e. The van der Waals surface area contributed by atoms with E-state index in [1.807, 2.05) is 0 Å². The first-order valence-corrected chi connectivity index (χ1v) is 7.18. The van der Waals surface area contributed by atoms with Crippen LogP contribution in [0.1, 0.15) is 23.2 Å². The highest BCUT2D eigenvalue weighted by atomic mass is 79.9. The van der Waals surface area contributed by atoms with Crippen LogP contribution in [0.3, 0.4) is 0 Å². The van der Waals surface area contributed by atoms with Crippen LogP contribution in [0, 0.1) is 5.92 Å². The number of halogens is 1. The molecule has 0 unspecified atom stereocenters. The van der Waals surface area contributed by atoms with Crippen molar-refractivity contribution in [3.8, 4) is 5.75 Å². The molecule has 1 aromatic carbocycles. The van der Waals surface area contributed by atoms with Gasteiger partial charge in [-0.25, -0.2) is 0 Å². The van der Waals surface area contributed by atoms with Crippen molar-refractivity contribution in [2.75, 3.05) is 20.2 Å². The Bertz CT molecular complexity index is 521. The van der Waals surface area contributed by atoms with E-state index in [0.717, 1.165) is 17.3 Å². The molecule has 1 amide bonds. The molecule has 0 spiro atoms. The Hall–Kier alpha value is -1.07. The summed E-state index contributed by atoms with van der Waals surface area (Å²) in [6, 6.07) is 5.33. The summed E-state index contributed by atoms with van der Waals surface area (Å²) in [6.07, 6.45) is 2.17. The van der Waals surface area contributed by atoms with Gasteiger partial charge in [-0.15, -0.1) is 0 Å². The summed E-state index contributed by atoms with van der Waals surface area (Å²) in [5.74, 6) is 0.992. The molecular formula is C14H16BrNO3. The molecule has 102 valence electrons. The Morgan fingerprint density at radius 2 is 2.16 bits per heavy atom. The van der Waals surface area contributed by atoms with E-state index in [2.05, 4.69) is 15.9 Å². The molecular weight excluding hydrogens is 310 g/mol. The average Bonchev–Trinajstić information content (AvgIpc) is 3.19. The molecule has 2 fully saturated rings. The van der Waals surface area contributed by atoms with Crippen LogP contribution in [0.25, 0.3) is 0 Å². The van der Waals surface area contributed by atoms with Gasteiger partial charge >= 0.3 is 0 Å². The average molecular weight is 326 g/mol. The number of nitrogens with zero attached hydrogens (tertiary/aromatic N) is 1. The molecule has 1 N–H and O–H groups in total. The topological polar surface area (TPSA) is 49.8 Å². The number of aliphatic hydroxyl groups is 1. The SMILES string of the molecule is COc1ccc(Br)c(C(=O)N2CC(O)(C3CC3)C2)c1. The third kappa shape index (κ3) is 2.25. The Kier molecular flexibility index (Phi) is 3.06.